The van der Waals surface area contributed by atoms with Gasteiger partial charge in [-0.2, -0.15) is 0 Å². The molecular formula is C17H21ClN2O2. The number of hydrogen-bond donors (Lipinski definition) is 2. The molecule has 1 saturated heterocycles. The van der Waals surface area contributed by atoms with E-state index < -0.39 is 5.60 Å². The normalized spacial score (nSPS) is 28.8. The molecular weight excluding hydrogens is 300 g/mol. The van der Waals surface area contributed by atoms with Gasteiger partial charge in [0, 0.05) is 11.6 Å². The number of amides is 1. The van der Waals surface area contributed by atoms with Crippen LogP contribution in [0.1, 0.15) is 36.8 Å². The Bertz CT molecular complexity index is 625. The van der Waals surface area contributed by atoms with Crippen molar-refractivity contribution in [1.29, 1.82) is 0 Å². The van der Waals surface area contributed by atoms with Crippen LogP contribution in [0.2, 0.25) is 5.02 Å². The Morgan fingerprint density at radius 2 is 2.09 bits per heavy atom. The van der Waals surface area contributed by atoms with Crippen LogP contribution in [0.4, 0.5) is 0 Å². The molecule has 4 rings (SSSR count). The summed E-state index contributed by atoms with van der Waals surface area (Å²) >= 11 is 6.00. The smallest absolute Gasteiger partial charge is 0.257 e. The molecule has 118 valence electrons. The molecule has 1 atom stereocenters. The van der Waals surface area contributed by atoms with Crippen LogP contribution in [-0.2, 0) is 16.8 Å². The zero-order chi connectivity index (χ0) is 15.4. The number of benzene rings is 1. The van der Waals surface area contributed by atoms with E-state index in [2.05, 4.69) is 10.2 Å². The lowest BCUT2D eigenvalue weighted by molar-refractivity contribution is -0.142. The van der Waals surface area contributed by atoms with Gasteiger partial charge in [-0.15, -0.1) is 0 Å². The van der Waals surface area contributed by atoms with Crippen molar-refractivity contribution in [3.8, 4) is 0 Å². The van der Waals surface area contributed by atoms with Gasteiger partial charge in [0.05, 0.1) is 5.54 Å². The molecule has 0 spiro atoms. The Hall–Kier alpha value is -1.10. The summed E-state index contributed by atoms with van der Waals surface area (Å²) in [7, 11) is 0. The van der Waals surface area contributed by atoms with Crippen LogP contribution in [0.3, 0.4) is 0 Å². The number of likely N-dealkylation sites (tertiary alicyclic amines) is 1. The first kappa shape index (κ1) is 14.5. The molecule has 1 saturated carbocycles. The van der Waals surface area contributed by atoms with Crippen molar-refractivity contribution in [2.75, 3.05) is 19.6 Å². The van der Waals surface area contributed by atoms with E-state index in [0.717, 1.165) is 38.0 Å². The van der Waals surface area contributed by atoms with Gasteiger partial charge in [-0.05, 0) is 68.5 Å². The van der Waals surface area contributed by atoms with Gasteiger partial charge in [-0.3, -0.25) is 4.79 Å². The predicted molar refractivity (Wildman–Crippen MR) is 84.8 cm³/mol. The third-order valence-corrected chi connectivity index (χ3v) is 5.59. The summed E-state index contributed by atoms with van der Waals surface area (Å²) in [5.74, 6) is -0.244. The summed E-state index contributed by atoms with van der Waals surface area (Å²) in [4.78, 5) is 15.1. The first-order chi connectivity index (χ1) is 10.5. The third-order valence-electron chi connectivity index (χ3n) is 5.35. The van der Waals surface area contributed by atoms with Crippen molar-refractivity contribution in [3.63, 3.8) is 0 Å². The molecule has 1 aromatic carbocycles. The number of rotatable bonds is 4. The first-order valence-electron chi connectivity index (χ1n) is 8.07. The second-order valence-corrected chi connectivity index (χ2v) is 7.46. The minimum atomic E-state index is -1.40. The van der Waals surface area contributed by atoms with Gasteiger partial charge in [0.2, 0.25) is 0 Å². The largest absolute Gasteiger partial charge is 0.375 e. The van der Waals surface area contributed by atoms with Crippen molar-refractivity contribution < 1.29 is 9.90 Å². The molecule has 22 heavy (non-hydrogen) atoms. The van der Waals surface area contributed by atoms with Crippen molar-refractivity contribution in [1.82, 2.24) is 10.2 Å². The summed E-state index contributed by atoms with van der Waals surface area (Å²) in [6.45, 7) is 3.18. The zero-order valence-corrected chi connectivity index (χ0v) is 13.3. The Labute approximate surface area is 135 Å². The lowest BCUT2D eigenvalue weighted by Crippen LogP contribution is -2.54. The predicted octanol–water partition coefficient (Wildman–Crippen LogP) is 1.83. The number of halogens is 1. The number of carbonyl (C=O) groups excluding carboxylic acids is 1. The molecule has 4 nitrogen and oxygen atoms in total. The summed E-state index contributed by atoms with van der Waals surface area (Å²) in [6, 6.07) is 5.39. The van der Waals surface area contributed by atoms with Crippen molar-refractivity contribution >= 4 is 17.5 Å². The van der Waals surface area contributed by atoms with Gasteiger partial charge in [-0.1, -0.05) is 17.7 Å². The summed E-state index contributed by atoms with van der Waals surface area (Å²) in [5, 5.41) is 14.7. The molecule has 2 fully saturated rings. The number of aliphatic hydroxyl groups is 1. The van der Waals surface area contributed by atoms with E-state index in [0.29, 0.717) is 23.4 Å². The van der Waals surface area contributed by atoms with E-state index in [1.165, 1.54) is 6.42 Å². The number of carbonyl (C=O) groups is 1. The Morgan fingerprint density at radius 1 is 1.32 bits per heavy atom. The van der Waals surface area contributed by atoms with Crippen LogP contribution in [0.25, 0.3) is 0 Å². The Balaban J connectivity index is 1.51. The summed E-state index contributed by atoms with van der Waals surface area (Å²) in [6.07, 6.45) is 4.41. The zero-order valence-electron chi connectivity index (χ0n) is 12.6. The number of hydrogen-bond acceptors (Lipinski definition) is 3. The quantitative estimate of drug-likeness (QED) is 0.890. The number of nitrogens with one attached hydrogen (secondary N) is 1. The minimum absolute atomic E-state index is 0.109. The highest BCUT2D eigenvalue weighted by molar-refractivity contribution is 6.30. The molecule has 0 radical (unpaired) electrons. The summed E-state index contributed by atoms with van der Waals surface area (Å²) < 4.78 is 0. The highest BCUT2D eigenvalue weighted by Gasteiger charge is 2.51. The highest BCUT2D eigenvalue weighted by atomic mass is 35.5. The molecule has 1 amide bonds. The topological polar surface area (TPSA) is 52.6 Å². The maximum absolute atomic E-state index is 12.7. The molecule has 1 aromatic rings. The van der Waals surface area contributed by atoms with Crippen LogP contribution < -0.4 is 5.32 Å². The molecule has 1 unspecified atom stereocenters. The SMILES string of the molecule is O=C(NC1(CN2CCC2)CC1)C1(O)CCc2cc(Cl)ccc21. The molecule has 2 aliphatic carbocycles. The second-order valence-electron chi connectivity index (χ2n) is 7.03. The molecule has 3 aliphatic rings. The first-order valence-corrected chi connectivity index (χ1v) is 8.45. The van der Waals surface area contributed by atoms with Crippen LogP contribution in [0, 0.1) is 0 Å². The van der Waals surface area contributed by atoms with Gasteiger partial charge >= 0.3 is 0 Å². The lowest BCUT2D eigenvalue weighted by Gasteiger charge is -2.35. The highest BCUT2D eigenvalue weighted by Crippen LogP contribution is 2.42. The van der Waals surface area contributed by atoms with Gasteiger partial charge in [-0.25, -0.2) is 0 Å². The van der Waals surface area contributed by atoms with E-state index in [-0.39, 0.29) is 11.4 Å². The van der Waals surface area contributed by atoms with Crippen LogP contribution in [-0.4, -0.2) is 41.1 Å². The second kappa shape index (κ2) is 4.95. The van der Waals surface area contributed by atoms with Gasteiger partial charge in [0.1, 0.15) is 0 Å². The maximum Gasteiger partial charge on any atom is 0.257 e. The fourth-order valence-electron chi connectivity index (χ4n) is 3.64. The van der Waals surface area contributed by atoms with Gasteiger partial charge < -0.3 is 15.3 Å². The van der Waals surface area contributed by atoms with Gasteiger partial charge in [0.25, 0.3) is 5.91 Å². The Kier molecular flexibility index (Phi) is 3.26. The monoisotopic (exact) mass is 320 g/mol. The Morgan fingerprint density at radius 3 is 2.73 bits per heavy atom. The van der Waals surface area contributed by atoms with Crippen molar-refractivity contribution in [2.24, 2.45) is 0 Å². The molecule has 1 heterocycles. The number of nitrogens with zero attached hydrogens (tertiary/aromatic N) is 1. The summed E-state index contributed by atoms with van der Waals surface area (Å²) in [5.41, 5.74) is 0.194. The molecule has 2 N–H and O–H groups in total. The van der Waals surface area contributed by atoms with Crippen molar-refractivity contribution in [2.45, 2.75) is 43.2 Å². The van der Waals surface area contributed by atoms with Crippen molar-refractivity contribution in [3.05, 3.63) is 34.3 Å². The van der Waals surface area contributed by atoms with E-state index in [4.69, 9.17) is 11.6 Å². The fourth-order valence-corrected chi connectivity index (χ4v) is 3.84. The van der Waals surface area contributed by atoms with E-state index in [1.54, 1.807) is 12.1 Å². The van der Waals surface area contributed by atoms with Crippen LogP contribution in [0.5, 0.6) is 0 Å². The van der Waals surface area contributed by atoms with E-state index in [1.807, 2.05) is 6.07 Å². The third kappa shape index (κ3) is 2.34. The van der Waals surface area contributed by atoms with Gasteiger partial charge in [0.15, 0.2) is 5.60 Å². The standard InChI is InChI=1S/C17H21ClN2O2/c18-13-2-3-14-12(10-13)4-5-17(14,22)15(21)19-16(6-7-16)11-20-8-1-9-20/h2-3,10,22H,1,4-9,11H2,(H,19,21). The molecule has 0 aromatic heterocycles. The minimum Gasteiger partial charge on any atom is -0.375 e. The molecule has 1 aliphatic heterocycles. The lowest BCUT2D eigenvalue weighted by atomic mass is 9.94. The van der Waals surface area contributed by atoms with E-state index in [9.17, 15) is 9.90 Å². The van der Waals surface area contributed by atoms with E-state index >= 15 is 0 Å². The fraction of sp³-hybridized carbons (Fsp3) is 0.588. The molecule has 5 heteroatoms. The number of aryl methyl sites for hydroxylation is 1. The maximum atomic E-state index is 12.7. The number of fused-ring (bicyclic) bond motifs is 1. The molecule has 0 bridgehead atoms. The average molecular weight is 321 g/mol. The van der Waals surface area contributed by atoms with Crippen LogP contribution in [0.15, 0.2) is 18.2 Å². The van der Waals surface area contributed by atoms with Crippen LogP contribution >= 0.6 is 11.6 Å². The average Bonchev–Trinajstić information content (AvgIpc) is 3.12.